The van der Waals surface area contributed by atoms with Crippen LogP contribution >= 0.6 is 0 Å². The molecule has 0 aliphatic rings. The third-order valence-electron chi connectivity index (χ3n) is 3.64. The van der Waals surface area contributed by atoms with Crippen LogP contribution in [0.4, 0.5) is 0 Å². The molecule has 6 heteroatoms. The number of rotatable bonds is 13. The second-order valence-electron chi connectivity index (χ2n) is 5.82. The molecule has 0 radical (unpaired) electrons. The van der Waals surface area contributed by atoms with Gasteiger partial charge in [0.15, 0.2) is 0 Å². The van der Waals surface area contributed by atoms with Crippen molar-refractivity contribution in [1.82, 2.24) is 0 Å². The maximum Gasteiger partial charge on any atom is 1.00 e. The Morgan fingerprint density at radius 3 is 1.76 bits per heavy atom. The Labute approximate surface area is 153 Å². The van der Waals surface area contributed by atoms with Crippen molar-refractivity contribution in [2.24, 2.45) is 0 Å². The van der Waals surface area contributed by atoms with E-state index in [2.05, 4.69) is 6.92 Å². The predicted octanol–water partition coefficient (Wildman–Crippen LogP) is 0.596. The predicted molar refractivity (Wildman–Crippen MR) is 81.6 cm³/mol. The molecule has 0 amide bonds. The van der Waals surface area contributed by atoms with E-state index >= 15 is 0 Å². The summed E-state index contributed by atoms with van der Waals surface area (Å²) in [6.07, 6.45) is 10.1. The summed E-state index contributed by atoms with van der Waals surface area (Å²) >= 11 is 0. The number of aliphatic hydroxyl groups excluding tert-OH is 1. The maximum atomic E-state index is 11.1. The summed E-state index contributed by atoms with van der Waals surface area (Å²) in [6.45, 7) is 3.72. The van der Waals surface area contributed by atoms with Crippen LogP contribution in [0.25, 0.3) is 0 Å². The summed E-state index contributed by atoms with van der Waals surface area (Å²) in [5.41, 5.74) is 0. The van der Waals surface area contributed by atoms with Gasteiger partial charge in [-0.2, -0.15) is 0 Å². The first-order chi connectivity index (χ1) is 9.38. The second-order valence-corrected chi connectivity index (χ2v) is 7.47. The first-order valence-electron chi connectivity index (χ1n) is 8.00. The van der Waals surface area contributed by atoms with Gasteiger partial charge in [0.25, 0.3) is 0 Å². The molecule has 0 aliphatic carbocycles. The van der Waals surface area contributed by atoms with Crippen LogP contribution in [0.5, 0.6) is 0 Å². The number of unbranched alkanes of at least 4 members (excludes halogenated alkanes) is 8. The molecule has 0 spiro atoms. The average molecular weight is 330 g/mol. The third-order valence-corrected chi connectivity index (χ3v) is 4.89. The Hall–Kier alpha value is 0.870. The van der Waals surface area contributed by atoms with E-state index in [0.717, 1.165) is 19.3 Å². The van der Waals surface area contributed by atoms with Crippen LogP contribution in [0, 0.1) is 0 Å². The van der Waals surface area contributed by atoms with Crippen LogP contribution in [-0.4, -0.2) is 29.4 Å². The number of hydrogen-bond acceptors (Lipinski definition) is 4. The van der Waals surface area contributed by atoms with Gasteiger partial charge in [0.2, 0.25) is 0 Å². The third kappa shape index (κ3) is 15.5. The molecule has 4 nitrogen and oxygen atoms in total. The van der Waals surface area contributed by atoms with Gasteiger partial charge in [-0.05, 0) is 19.8 Å². The topological polar surface area (TPSA) is 77.4 Å². The van der Waals surface area contributed by atoms with Crippen LogP contribution in [0.1, 0.15) is 84.5 Å². The van der Waals surface area contributed by atoms with Crippen LogP contribution in [0.15, 0.2) is 0 Å². The Morgan fingerprint density at radius 2 is 1.38 bits per heavy atom. The number of aliphatic hydroxyl groups is 1. The molecule has 0 aromatic carbocycles. The zero-order chi connectivity index (χ0) is 15.4. The minimum absolute atomic E-state index is 0. The van der Waals surface area contributed by atoms with Crippen LogP contribution < -0.4 is 29.6 Å². The molecule has 0 aromatic rings. The average Bonchev–Trinajstić information content (AvgIpc) is 2.33. The van der Waals surface area contributed by atoms with E-state index in [1.807, 2.05) is 0 Å². The van der Waals surface area contributed by atoms with E-state index in [4.69, 9.17) is 0 Å². The first kappa shape index (κ1) is 24.1. The summed E-state index contributed by atoms with van der Waals surface area (Å²) in [5.74, 6) is 0. The van der Waals surface area contributed by atoms with Crippen molar-refractivity contribution in [3.63, 3.8) is 0 Å². The quantitative estimate of drug-likeness (QED) is 0.305. The van der Waals surface area contributed by atoms with Crippen molar-refractivity contribution < 1.29 is 47.6 Å². The molecule has 2 atom stereocenters. The summed E-state index contributed by atoms with van der Waals surface area (Å²) in [6, 6.07) is 0. The van der Waals surface area contributed by atoms with Gasteiger partial charge in [0, 0.05) is 0 Å². The standard InChI is InChI=1S/C15H32O4S.Na/c1-3-4-5-6-7-8-9-10-11-12-15(13-14(2)16)20(17,18)19;/h14-16H,3-13H2,1-2H3,(H,17,18,19);/q;+1/p-1. The van der Waals surface area contributed by atoms with E-state index in [0.29, 0.717) is 6.42 Å². The van der Waals surface area contributed by atoms with E-state index in [1.165, 1.54) is 45.4 Å². The minimum atomic E-state index is -4.28. The molecule has 0 fully saturated rings. The molecule has 0 aromatic heterocycles. The van der Waals surface area contributed by atoms with Gasteiger partial charge in [0.1, 0.15) is 0 Å². The molecular weight excluding hydrogens is 299 g/mol. The van der Waals surface area contributed by atoms with Crippen LogP contribution in [-0.2, 0) is 10.1 Å². The second kappa shape index (κ2) is 14.5. The van der Waals surface area contributed by atoms with Crippen LogP contribution in [0.2, 0.25) is 0 Å². The Morgan fingerprint density at radius 1 is 0.952 bits per heavy atom. The molecule has 122 valence electrons. The Kier molecular flexibility index (Phi) is 16.6. The molecule has 0 aliphatic heterocycles. The molecule has 0 saturated carbocycles. The van der Waals surface area contributed by atoms with Gasteiger partial charge in [-0.1, -0.05) is 64.7 Å². The fraction of sp³-hybridized carbons (Fsp3) is 1.00. The Bertz CT molecular complexity index is 318. The van der Waals surface area contributed by atoms with E-state index < -0.39 is 21.5 Å². The molecule has 0 bridgehead atoms. The molecule has 0 heterocycles. The summed E-state index contributed by atoms with van der Waals surface area (Å²) in [4.78, 5) is 0. The van der Waals surface area contributed by atoms with Crippen molar-refractivity contribution in [1.29, 1.82) is 0 Å². The van der Waals surface area contributed by atoms with Gasteiger partial charge < -0.3 is 9.66 Å². The molecule has 21 heavy (non-hydrogen) atoms. The zero-order valence-corrected chi connectivity index (χ0v) is 16.8. The molecule has 1 N–H and O–H groups in total. The van der Waals surface area contributed by atoms with Gasteiger partial charge in [-0.25, -0.2) is 8.42 Å². The first-order valence-corrected chi connectivity index (χ1v) is 9.47. The molecule has 0 rings (SSSR count). The van der Waals surface area contributed by atoms with Gasteiger partial charge in [0.05, 0.1) is 21.5 Å². The summed E-state index contributed by atoms with van der Waals surface area (Å²) in [5, 5.41) is 8.30. The monoisotopic (exact) mass is 330 g/mol. The van der Waals surface area contributed by atoms with Gasteiger partial charge >= 0.3 is 29.6 Å². The Balaban J connectivity index is 0. The largest absolute Gasteiger partial charge is 1.00 e. The van der Waals surface area contributed by atoms with Crippen molar-refractivity contribution in [3.8, 4) is 0 Å². The molecule has 2 unspecified atom stereocenters. The van der Waals surface area contributed by atoms with Gasteiger partial charge in [-0.15, -0.1) is 0 Å². The van der Waals surface area contributed by atoms with Crippen molar-refractivity contribution in [2.75, 3.05) is 0 Å². The van der Waals surface area contributed by atoms with Crippen molar-refractivity contribution in [2.45, 2.75) is 95.8 Å². The summed E-state index contributed by atoms with van der Waals surface area (Å²) in [7, 11) is -4.28. The van der Waals surface area contributed by atoms with E-state index in [1.54, 1.807) is 0 Å². The smallest absolute Gasteiger partial charge is 0.748 e. The van der Waals surface area contributed by atoms with Crippen molar-refractivity contribution >= 4 is 10.1 Å². The van der Waals surface area contributed by atoms with E-state index in [9.17, 15) is 18.1 Å². The molecular formula is C15H31NaO4S. The fourth-order valence-corrected chi connectivity index (χ4v) is 3.41. The van der Waals surface area contributed by atoms with Gasteiger partial charge in [-0.3, -0.25) is 0 Å². The fourth-order valence-electron chi connectivity index (χ4n) is 2.44. The maximum absolute atomic E-state index is 11.1. The minimum Gasteiger partial charge on any atom is -0.748 e. The summed E-state index contributed by atoms with van der Waals surface area (Å²) < 4.78 is 33.2. The SMILES string of the molecule is CCCCCCCCCCCC(CC(C)O)S(=O)(=O)[O-].[Na+]. The van der Waals surface area contributed by atoms with Crippen molar-refractivity contribution in [3.05, 3.63) is 0 Å². The van der Waals surface area contributed by atoms with Crippen LogP contribution in [0.3, 0.4) is 0 Å². The van der Waals surface area contributed by atoms with E-state index in [-0.39, 0.29) is 36.0 Å². The number of hydrogen-bond donors (Lipinski definition) is 1. The molecule has 0 saturated heterocycles. The normalized spacial score (nSPS) is 14.5. The zero-order valence-electron chi connectivity index (χ0n) is 14.0.